The Bertz CT molecular complexity index is 697. The molecule has 1 N–H and O–H groups in total. The first kappa shape index (κ1) is 21.0. The Labute approximate surface area is 169 Å². The normalized spacial score (nSPS) is 18.1. The number of nitrogens with zero attached hydrogens (tertiary/aromatic N) is 3. The number of aromatic amines is 1. The van der Waals surface area contributed by atoms with Crippen molar-refractivity contribution in [3.8, 4) is 0 Å². The zero-order valence-electron chi connectivity index (χ0n) is 17.5. The molecule has 2 aromatic rings. The molecule has 0 bridgehead atoms. The standard InChI is InChI=1S/C23H35FN4/c1-3-4-7-23-25-15-22(26-23)18-27(2)16-20-6-5-13-28(17-20)14-12-19-8-10-21(24)11-9-19/h8-11,15,20H,3-7,12-14,16-18H2,1-2H3,(H,25,26)/t20-/m1/s1. The molecular weight excluding hydrogens is 351 g/mol. The van der Waals surface area contributed by atoms with Crippen LogP contribution < -0.4 is 0 Å². The lowest BCUT2D eigenvalue weighted by molar-refractivity contribution is 0.142. The predicted molar refractivity (Wildman–Crippen MR) is 113 cm³/mol. The van der Waals surface area contributed by atoms with Crippen molar-refractivity contribution < 1.29 is 4.39 Å². The summed E-state index contributed by atoms with van der Waals surface area (Å²) in [6.45, 7) is 7.68. The molecule has 0 spiro atoms. The molecule has 1 saturated heterocycles. The molecule has 3 rings (SSSR count). The summed E-state index contributed by atoms with van der Waals surface area (Å²) in [6, 6.07) is 6.94. The van der Waals surface area contributed by atoms with Crippen molar-refractivity contribution in [1.82, 2.24) is 19.8 Å². The number of piperidine rings is 1. The number of nitrogens with one attached hydrogen (secondary N) is 1. The lowest BCUT2D eigenvalue weighted by atomic mass is 9.97. The molecule has 28 heavy (non-hydrogen) atoms. The Morgan fingerprint density at radius 1 is 1.25 bits per heavy atom. The second-order valence-electron chi connectivity index (χ2n) is 8.34. The Hall–Kier alpha value is -1.72. The van der Waals surface area contributed by atoms with Crippen LogP contribution in [0.25, 0.3) is 0 Å². The molecule has 1 aromatic heterocycles. The zero-order chi connectivity index (χ0) is 19.8. The number of likely N-dealkylation sites (tertiary alicyclic amines) is 1. The molecule has 2 heterocycles. The fraction of sp³-hybridized carbons (Fsp3) is 0.609. The van der Waals surface area contributed by atoms with E-state index in [1.807, 2.05) is 18.3 Å². The van der Waals surface area contributed by atoms with Crippen molar-refractivity contribution in [1.29, 1.82) is 0 Å². The van der Waals surface area contributed by atoms with Gasteiger partial charge in [-0.15, -0.1) is 0 Å². The number of hydrogen-bond donors (Lipinski definition) is 1. The molecule has 1 atom stereocenters. The number of halogens is 1. The van der Waals surface area contributed by atoms with E-state index in [1.54, 1.807) is 12.1 Å². The van der Waals surface area contributed by atoms with E-state index in [9.17, 15) is 4.39 Å². The monoisotopic (exact) mass is 386 g/mol. The highest BCUT2D eigenvalue weighted by Crippen LogP contribution is 2.18. The second kappa shape index (κ2) is 10.7. The van der Waals surface area contributed by atoms with Crippen LogP contribution in [0.15, 0.2) is 30.5 Å². The fourth-order valence-electron chi connectivity index (χ4n) is 4.20. The van der Waals surface area contributed by atoms with Gasteiger partial charge in [0, 0.05) is 44.5 Å². The third-order valence-corrected chi connectivity index (χ3v) is 5.69. The van der Waals surface area contributed by atoms with Gasteiger partial charge in [-0.2, -0.15) is 0 Å². The van der Waals surface area contributed by atoms with Crippen LogP contribution >= 0.6 is 0 Å². The maximum atomic E-state index is 13.0. The van der Waals surface area contributed by atoms with Crippen LogP contribution in [0.3, 0.4) is 0 Å². The average Bonchev–Trinajstić information content (AvgIpc) is 3.13. The first-order chi connectivity index (χ1) is 13.6. The van der Waals surface area contributed by atoms with Crippen LogP contribution in [0.5, 0.6) is 0 Å². The summed E-state index contributed by atoms with van der Waals surface area (Å²) >= 11 is 0. The second-order valence-corrected chi connectivity index (χ2v) is 8.34. The number of aryl methyl sites for hydroxylation is 1. The summed E-state index contributed by atoms with van der Waals surface area (Å²) in [6.07, 6.45) is 9.02. The minimum absolute atomic E-state index is 0.153. The molecule has 0 radical (unpaired) electrons. The van der Waals surface area contributed by atoms with Crippen molar-refractivity contribution in [2.75, 3.05) is 33.2 Å². The van der Waals surface area contributed by atoms with Gasteiger partial charge in [0.05, 0.1) is 0 Å². The van der Waals surface area contributed by atoms with Gasteiger partial charge >= 0.3 is 0 Å². The number of rotatable bonds is 10. The largest absolute Gasteiger partial charge is 0.345 e. The van der Waals surface area contributed by atoms with E-state index in [0.717, 1.165) is 50.8 Å². The quantitative estimate of drug-likeness (QED) is 0.662. The molecule has 5 heteroatoms. The topological polar surface area (TPSA) is 35.2 Å². The van der Waals surface area contributed by atoms with Crippen LogP contribution in [-0.2, 0) is 19.4 Å². The van der Waals surface area contributed by atoms with Gasteiger partial charge in [-0.1, -0.05) is 25.5 Å². The van der Waals surface area contributed by atoms with Crippen molar-refractivity contribution in [2.24, 2.45) is 5.92 Å². The average molecular weight is 387 g/mol. The lowest BCUT2D eigenvalue weighted by Gasteiger charge is -2.34. The van der Waals surface area contributed by atoms with E-state index in [4.69, 9.17) is 0 Å². The highest BCUT2D eigenvalue weighted by atomic mass is 19.1. The van der Waals surface area contributed by atoms with E-state index < -0.39 is 0 Å². The molecule has 0 unspecified atom stereocenters. The predicted octanol–water partition coefficient (Wildman–Crippen LogP) is 4.28. The maximum Gasteiger partial charge on any atom is 0.123 e. The summed E-state index contributed by atoms with van der Waals surface area (Å²) in [5.41, 5.74) is 2.44. The Balaban J connectivity index is 1.41. The number of benzene rings is 1. The molecule has 1 aromatic carbocycles. The van der Waals surface area contributed by atoms with E-state index >= 15 is 0 Å². The molecule has 4 nitrogen and oxygen atoms in total. The molecule has 0 saturated carbocycles. The number of unbranched alkanes of at least 4 members (excludes halogenated alkanes) is 1. The molecule has 1 fully saturated rings. The van der Waals surface area contributed by atoms with Crippen molar-refractivity contribution in [3.63, 3.8) is 0 Å². The van der Waals surface area contributed by atoms with Crippen molar-refractivity contribution >= 4 is 0 Å². The maximum absolute atomic E-state index is 13.0. The van der Waals surface area contributed by atoms with Gasteiger partial charge < -0.3 is 14.8 Å². The molecule has 154 valence electrons. The van der Waals surface area contributed by atoms with Crippen LogP contribution in [0, 0.1) is 11.7 Å². The number of hydrogen-bond acceptors (Lipinski definition) is 3. The van der Waals surface area contributed by atoms with Crippen molar-refractivity contribution in [3.05, 3.63) is 53.4 Å². The minimum Gasteiger partial charge on any atom is -0.345 e. The number of imidazole rings is 1. The Morgan fingerprint density at radius 3 is 2.86 bits per heavy atom. The highest BCUT2D eigenvalue weighted by Gasteiger charge is 2.21. The zero-order valence-corrected chi connectivity index (χ0v) is 17.5. The molecule has 1 aliphatic rings. The summed E-state index contributed by atoms with van der Waals surface area (Å²) in [4.78, 5) is 13.0. The molecule has 1 aliphatic heterocycles. The van der Waals surface area contributed by atoms with Gasteiger partial charge in [0.15, 0.2) is 0 Å². The van der Waals surface area contributed by atoms with Gasteiger partial charge in [0.2, 0.25) is 0 Å². The Morgan fingerprint density at radius 2 is 2.07 bits per heavy atom. The lowest BCUT2D eigenvalue weighted by Crippen LogP contribution is -2.40. The van der Waals surface area contributed by atoms with E-state index in [0.29, 0.717) is 0 Å². The van der Waals surface area contributed by atoms with Crippen LogP contribution in [0.1, 0.15) is 49.7 Å². The Kier molecular flexibility index (Phi) is 8.04. The summed E-state index contributed by atoms with van der Waals surface area (Å²) in [5.74, 6) is 1.68. The molecule has 0 aliphatic carbocycles. The van der Waals surface area contributed by atoms with Crippen LogP contribution in [0.2, 0.25) is 0 Å². The fourth-order valence-corrected chi connectivity index (χ4v) is 4.20. The number of H-pyrrole nitrogens is 1. The van der Waals surface area contributed by atoms with E-state index in [-0.39, 0.29) is 5.82 Å². The van der Waals surface area contributed by atoms with Crippen LogP contribution in [0.4, 0.5) is 4.39 Å². The van der Waals surface area contributed by atoms with E-state index in [1.165, 1.54) is 43.5 Å². The van der Waals surface area contributed by atoms with Gasteiger partial charge in [-0.05, 0) is 62.9 Å². The summed E-state index contributed by atoms with van der Waals surface area (Å²) in [7, 11) is 2.21. The first-order valence-electron chi connectivity index (χ1n) is 10.8. The van der Waals surface area contributed by atoms with Gasteiger partial charge in [0.1, 0.15) is 11.6 Å². The van der Waals surface area contributed by atoms with Gasteiger partial charge in [-0.3, -0.25) is 0 Å². The van der Waals surface area contributed by atoms with Gasteiger partial charge in [0.25, 0.3) is 0 Å². The number of aromatic nitrogens is 2. The van der Waals surface area contributed by atoms with E-state index in [2.05, 4.69) is 33.7 Å². The summed E-state index contributed by atoms with van der Waals surface area (Å²) < 4.78 is 13.0. The third kappa shape index (κ3) is 6.71. The molecular formula is C23H35FN4. The smallest absolute Gasteiger partial charge is 0.123 e. The highest BCUT2D eigenvalue weighted by molar-refractivity contribution is 5.16. The van der Waals surface area contributed by atoms with Gasteiger partial charge in [-0.25, -0.2) is 9.37 Å². The third-order valence-electron chi connectivity index (χ3n) is 5.69. The minimum atomic E-state index is -0.153. The van der Waals surface area contributed by atoms with Crippen LogP contribution in [-0.4, -0.2) is 53.0 Å². The molecule has 0 amide bonds. The summed E-state index contributed by atoms with van der Waals surface area (Å²) in [5, 5.41) is 0. The SMILES string of the molecule is CCCCc1ncc(CN(C)C[C@H]2CCCN(CCc3ccc(F)cc3)C2)[nH]1. The first-order valence-corrected chi connectivity index (χ1v) is 10.8. The van der Waals surface area contributed by atoms with Crippen molar-refractivity contribution in [2.45, 2.75) is 52.0 Å².